The fraction of sp³-hybridized carbons (Fsp3) is 0.120. The van der Waals surface area contributed by atoms with E-state index in [1.165, 1.54) is 12.1 Å². The van der Waals surface area contributed by atoms with E-state index in [4.69, 9.17) is 16.3 Å². The molecule has 1 N–H and O–H groups in total. The third-order valence-corrected chi connectivity index (χ3v) is 5.11. The van der Waals surface area contributed by atoms with Crippen molar-refractivity contribution >= 4 is 23.3 Å². The van der Waals surface area contributed by atoms with Gasteiger partial charge in [-0.05, 0) is 66.6 Å². The van der Waals surface area contributed by atoms with Crippen molar-refractivity contribution in [2.75, 3.05) is 5.32 Å². The van der Waals surface area contributed by atoms with Gasteiger partial charge in [-0.15, -0.1) is 0 Å². The molecule has 0 unspecified atom stereocenters. The summed E-state index contributed by atoms with van der Waals surface area (Å²) in [4.78, 5) is 12.6. The van der Waals surface area contributed by atoms with Crippen molar-refractivity contribution in [1.29, 1.82) is 0 Å². The first-order valence-electron chi connectivity index (χ1n) is 10.0. The highest BCUT2D eigenvalue weighted by Gasteiger charge is 2.11. The summed E-state index contributed by atoms with van der Waals surface area (Å²) in [6.45, 7) is 2.81. The lowest BCUT2D eigenvalue weighted by Gasteiger charge is -2.07. The Hall–Kier alpha value is -3.64. The van der Waals surface area contributed by atoms with Gasteiger partial charge in [0.05, 0.1) is 6.54 Å². The molecule has 5 nitrogen and oxygen atoms in total. The monoisotopic (exact) mass is 449 g/mol. The van der Waals surface area contributed by atoms with Gasteiger partial charge in [0, 0.05) is 22.3 Å². The maximum Gasteiger partial charge on any atom is 0.256 e. The highest BCUT2D eigenvalue weighted by Crippen LogP contribution is 2.17. The number of carbonyl (C=O) groups excluding carboxylic acids is 1. The van der Waals surface area contributed by atoms with E-state index in [1.54, 1.807) is 24.3 Å². The zero-order valence-electron chi connectivity index (χ0n) is 17.4. The van der Waals surface area contributed by atoms with E-state index >= 15 is 0 Å². The van der Waals surface area contributed by atoms with Gasteiger partial charge in [0.1, 0.15) is 18.2 Å². The van der Waals surface area contributed by atoms with Gasteiger partial charge < -0.3 is 10.1 Å². The Kier molecular flexibility index (Phi) is 6.52. The number of halogens is 2. The normalized spacial score (nSPS) is 10.7. The molecular formula is C25H21ClFN3O2. The molecule has 0 aliphatic heterocycles. The van der Waals surface area contributed by atoms with Gasteiger partial charge in [-0.1, -0.05) is 35.9 Å². The number of rotatable bonds is 7. The van der Waals surface area contributed by atoms with Crippen molar-refractivity contribution < 1.29 is 13.9 Å². The molecule has 0 bridgehead atoms. The van der Waals surface area contributed by atoms with Crippen LogP contribution in [-0.4, -0.2) is 15.7 Å². The van der Waals surface area contributed by atoms with E-state index in [0.717, 1.165) is 16.8 Å². The van der Waals surface area contributed by atoms with Gasteiger partial charge in [0.15, 0.2) is 5.82 Å². The van der Waals surface area contributed by atoms with Crippen LogP contribution >= 0.6 is 11.6 Å². The summed E-state index contributed by atoms with van der Waals surface area (Å²) in [5.74, 6) is 0.510. The smallest absolute Gasteiger partial charge is 0.256 e. The molecule has 1 amide bonds. The van der Waals surface area contributed by atoms with Crippen LogP contribution in [0, 0.1) is 12.7 Å². The second kappa shape index (κ2) is 9.66. The zero-order chi connectivity index (χ0) is 22.5. The van der Waals surface area contributed by atoms with Crippen LogP contribution in [-0.2, 0) is 13.2 Å². The van der Waals surface area contributed by atoms with Crippen molar-refractivity contribution in [3.63, 3.8) is 0 Å². The quantitative estimate of drug-likeness (QED) is 0.384. The molecule has 0 aliphatic carbocycles. The minimum absolute atomic E-state index is 0.247. The first-order valence-corrected chi connectivity index (χ1v) is 10.4. The maximum absolute atomic E-state index is 13.0. The molecule has 32 heavy (non-hydrogen) atoms. The summed E-state index contributed by atoms with van der Waals surface area (Å²) in [5.41, 5.74) is 3.36. The molecule has 1 heterocycles. The first kappa shape index (κ1) is 21.6. The van der Waals surface area contributed by atoms with Gasteiger partial charge in [-0.3, -0.25) is 9.48 Å². The Labute approximate surface area is 190 Å². The van der Waals surface area contributed by atoms with Gasteiger partial charge in [-0.2, -0.15) is 5.10 Å². The minimum Gasteiger partial charge on any atom is -0.489 e. The van der Waals surface area contributed by atoms with Crippen LogP contribution in [0.15, 0.2) is 78.9 Å². The Bertz CT molecular complexity index is 1220. The molecule has 0 saturated carbocycles. The summed E-state index contributed by atoms with van der Waals surface area (Å²) < 4.78 is 20.4. The molecular weight excluding hydrogens is 429 g/mol. The number of nitrogens with one attached hydrogen (secondary N) is 1. The number of nitrogens with zero attached hydrogens (tertiary/aromatic N) is 2. The van der Waals surface area contributed by atoms with Gasteiger partial charge in [0.2, 0.25) is 0 Å². The van der Waals surface area contributed by atoms with Crippen molar-refractivity contribution in [2.45, 2.75) is 20.1 Å². The first-order chi connectivity index (χ1) is 15.5. The van der Waals surface area contributed by atoms with E-state index < -0.39 is 0 Å². The summed E-state index contributed by atoms with van der Waals surface area (Å²) in [6.07, 6.45) is 0. The second-order valence-corrected chi connectivity index (χ2v) is 7.79. The van der Waals surface area contributed by atoms with Crippen molar-refractivity contribution in [3.8, 4) is 5.75 Å². The fourth-order valence-corrected chi connectivity index (χ4v) is 3.39. The summed E-state index contributed by atoms with van der Waals surface area (Å²) in [7, 11) is 0. The highest BCUT2D eigenvalue weighted by molar-refractivity contribution is 6.30. The van der Waals surface area contributed by atoms with Crippen LogP contribution in [0.2, 0.25) is 5.02 Å². The number of aryl methyl sites for hydroxylation is 1. The van der Waals surface area contributed by atoms with Gasteiger partial charge in [0.25, 0.3) is 5.91 Å². The average Bonchev–Trinajstić information content (AvgIpc) is 3.12. The number of benzene rings is 3. The number of hydrogen-bond acceptors (Lipinski definition) is 3. The van der Waals surface area contributed by atoms with Crippen molar-refractivity contribution in [3.05, 3.63) is 112 Å². The largest absolute Gasteiger partial charge is 0.489 e. The number of ether oxygens (including phenoxy) is 1. The minimum atomic E-state index is -0.308. The van der Waals surface area contributed by atoms with Crippen LogP contribution in [0.1, 0.15) is 27.2 Å². The number of aromatic nitrogens is 2. The number of carbonyl (C=O) groups is 1. The molecule has 7 heteroatoms. The molecule has 4 aromatic rings. The van der Waals surface area contributed by atoms with Gasteiger partial charge in [-0.25, -0.2) is 4.39 Å². The van der Waals surface area contributed by atoms with Crippen LogP contribution < -0.4 is 10.1 Å². The van der Waals surface area contributed by atoms with E-state index in [9.17, 15) is 9.18 Å². The highest BCUT2D eigenvalue weighted by atomic mass is 35.5. The summed E-state index contributed by atoms with van der Waals surface area (Å²) in [6, 6.07) is 22.4. The third-order valence-electron chi connectivity index (χ3n) is 4.88. The lowest BCUT2D eigenvalue weighted by atomic mass is 10.1. The summed E-state index contributed by atoms with van der Waals surface area (Å²) >= 11 is 6.05. The maximum atomic E-state index is 13.0. The summed E-state index contributed by atoms with van der Waals surface area (Å²) in [5, 5.41) is 7.99. The Morgan fingerprint density at radius 3 is 2.50 bits per heavy atom. The van der Waals surface area contributed by atoms with Crippen molar-refractivity contribution in [1.82, 2.24) is 9.78 Å². The Morgan fingerprint density at radius 2 is 1.78 bits per heavy atom. The molecule has 0 aliphatic rings. The predicted octanol–water partition coefficient (Wildman–Crippen LogP) is 5.86. The molecule has 4 rings (SSSR count). The second-order valence-electron chi connectivity index (χ2n) is 7.35. The van der Waals surface area contributed by atoms with Crippen LogP contribution in [0.5, 0.6) is 5.75 Å². The van der Waals surface area contributed by atoms with Crippen molar-refractivity contribution in [2.24, 2.45) is 0 Å². The van der Waals surface area contributed by atoms with E-state index in [1.807, 2.05) is 54.1 Å². The molecule has 3 aromatic carbocycles. The number of amides is 1. The lowest BCUT2D eigenvalue weighted by molar-refractivity contribution is 0.102. The molecule has 0 atom stereocenters. The Balaban J connectivity index is 1.36. The molecule has 162 valence electrons. The number of hydrogen-bond donors (Lipinski definition) is 1. The Morgan fingerprint density at radius 1 is 1.03 bits per heavy atom. The third kappa shape index (κ3) is 5.53. The molecule has 0 spiro atoms. The van der Waals surface area contributed by atoms with E-state index in [2.05, 4.69) is 10.4 Å². The topological polar surface area (TPSA) is 56.1 Å². The fourth-order valence-electron chi connectivity index (χ4n) is 3.18. The number of anilines is 1. The molecule has 0 fully saturated rings. The molecule has 1 aromatic heterocycles. The zero-order valence-corrected chi connectivity index (χ0v) is 18.1. The standard InChI is InChI=1S/C25H21ClFN3O2/c1-17-13-24(29-30(17)15-19-3-2-4-21(26)14-19)28-25(31)20-7-5-18(6-8-20)16-32-23-11-9-22(27)10-12-23/h2-14H,15-16H2,1H3,(H,28,29,31). The van der Waals surface area contributed by atoms with Crippen LogP contribution in [0.25, 0.3) is 0 Å². The SMILES string of the molecule is Cc1cc(NC(=O)c2ccc(COc3ccc(F)cc3)cc2)nn1Cc1cccc(Cl)c1. The average molecular weight is 450 g/mol. The molecule has 0 radical (unpaired) electrons. The lowest BCUT2D eigenvalue weighted by Crippen LogP contribution is -2.13. The van der Waals surface area contributed by atoms with Gasteiger partial charge >= 0.3 is 0 Å². The van der Waals surface area contributed by atoms with Crippen LogP contribution in [0.4, 0.5) is 10.2 Å². The predicted molar refractivity (Wildman–Crippen MR) is 123 cm³/mol. The van der Waals surface area contributed by atoms with E-state index in [-0.39, 0.29) is 11.7 Å². The van der Waals surface area contributed by atoms with E-state index in [0.29, 0.717) is 35.3 Å². The molecule has 0 saturated heterocycles. The van der Waals surface area contributed by atoms with Crippen LogP contribution in [0.3, 0.4) is 0 Å².